The molecule has 4 nitrogen and oxygen atoms in total. The number of anilines is 1. The maximum atomic E-state index is 12.4. The van der Waals surface area contributed by atoms with Crippen molar-refractivity contribution in [2.24, 2.45) is 0 Å². The van der Waals surface area contributed by atoms with Gasteiger partial charge in [0.25, 0.3) is 5.91 Å². The predicted octanol–water partition coefficient (Wildman–Crippen LogP) is 3.73. The van der Waals surface area contributed by atoms with Crippen LogP contribution < -0.4 is 4.90 Å². The quantitative estimate of drug-likeness (QED) is 0.920. The summed E-state index contributed by atoms with van der Waals surface area (Å²) in [6.45, 7) is 1.92. The first-order valence-corrected chi connectivity index (χ1v) is 7.07. The van der Waals surface area contributed by atoms with Gasteiger partial charge in [-0.2, -0.15) is 0 Å². The molecule has 2 rings (SSSR count). The highest BCUT2D eigenvalue weighted by atomic mass is 79.9. The summed E-state index contributed by atoms with van der Waals surface area (Å²) in [5, 5.41) is 8.87. The molecular weight excluding hydrogens is 334 g/mol. The number of rotatable bonds is 3. The molecule has 0 radical (unpaired) electrons. The summed E-state index contributed by atoms with van der Waals surface area (Å²) in [7, 11) is 1.66. The summed E-state index contributed by atoms with van der Waals surface area (Å²) in [5.74, 6) is -1.13. The van der Waals surface area contributed by atoms with Crippen LogP contribution in [0.5, 0.6) is 0 Å². The second-order valence-electron chi connectivity index (χ2n) is 4.68. The van der Waals surface area contributed by atoms with Crippen LogP contribution in [-0.2, 0) is 0 Å². The molecule has 0 bridgehead atoms. The van der Waals surface area contributed by atoms with Crippen molar-refractivity contribution in [1.82, 2.24) is 0 Å². The average Bonchev–Trinajstić information content (AvgIpc) is 2.48. The van der Waals surface area contributed by atoms with Gasteiger partial charge in [-0.15, -0.1) is 0 Å². The molecule has 0 saturated heterocycles. The number of amides is 1. The van der Waals surface area contributed by atoms with Gasteiger partial charge in [0.2, 0.25) is 0 Å². The summed E-state index contributed by atoms with van der Waals surface area (Å²) in [6, 6.07) is 11.6. The molecule has 1 amide bonds. The lowest BCUT2D eigenvalue weighted by Gasteiger charge is -2.18. The molecule has 0 aromatic heterocycles. The molecule has 0 atom stereocenters. The number of aryl methyl sites for hydroxylation is 1. The van der Waals surface area contributed by atoms with E-state index in [-0.39, 0.29) is 11.5 Å². The number of hydrogen-bond acceptors (Lipinski definition) is 2. The first-order valence-electron chi connectivity index (χ1n) is 6.27. The highest BCUT2D eigenvalue weighted by Gasteiger charge is 2.14. The number of nitrogens with zero attached hydrogens (tertiary/aromatic N) is 1. The van der Waals surface area contributed by atoms with Crippen molar-refractivity contribution >= 4 is 33.5 Å². The van der Waals surface area contributed by atoms with Gasteiger partial charge in [0, 0.05) is 22.8 Å². The molecule has 21 heavy (non-hydrogen) atoms. The normalized spacial score (nSPS) is 10.2. The topological polar surface area (TPSA) is 57.6 Å². The van der Waals surface area contributed by atoms with Crippen molar-refractivity contribution < 1.29 is 14.7 Å². The van der Waals surface area contributed by atoms with E-state index < -0.39 is 5.97 Å². The van der Waals surface area contributed by atoms with Gasteiger partial charge in [-0.25, -0.2) is 4.79 Å². The third-order valence-electron chi connectivity index (χ3n) is 3.21. The van der Waals surface area contributed by atoms with Crippen LogP contribution in [0.2, 0.25) is 0 Å². The van der Waals surface area contributed by atoms with E-state index in [1.165, 1.54) is 17.0 Å². The molecule has 0 aliphatic rings. The largest absolute Gasteiger partial charge is 0.478 e. The van der Waals surface area contributed by atoms with Gasteiger partial charge >= 0.3 is 5.97 Å². The highest BCUT2D eigenvalue weighted by molar-refractivity contribution is 9.10. The lowest BCUT2D eigenvalue weighted by molar-refractivity contribution is 0.0696. The minimum absolute atomic E-state index is 0.145. The van der Waals surface area contributed by atoms with E-state index in [9.17, 15) is 9.59 Å². The third-order valence-corrected chi connectivity index (χ3v) is 4.10. The van der Waals surface area contributed by atoms with Crippen molar-refractivity contribution in [3.63, 3.8) is 0 Å². The van der Waals surface area contributed by atoms with Crippen molar-refractivity contribution in [2.45, 2.75) is 6.92 Å². The number of aromatic carboxylic acids is 1. The monoisotopic (exact) mass is 347 g/mol. The first-order chi connectivity index (χ1) is 9.90. The summed E-state index contributed by atoms with van der Waals surface area (Å²) in [6.07, 6.45) is 0. The van der Waals surface area contributed by atoms with Gasteiger partial charge in [-0.3, -0.25) is 4.79 Å². The van der Waals surface area contributed by atoms with E-state index in [4.69, 9.17) is 5.11 Å². The number of benzene rings is 2. The number of carbonyl (C=O) groups is 2. The molecule has 2 aromatic carbocycles. The fourth-order valence-corrected chi connectivity index (χ4v) is 2.16. The minimum Gasteiger partial charge on any atom is -0.478 e. The lowest BCUT2D eigenvalue weighted by Crippen LogP contribution is -2.26. The second kappa shape index (κ2) is 6.10. The van der Waals surface area contributed by atoms with E-state index in [0.717, 1.165) is 10.0 Å². The van der Waals surface area contributed by atoms with Crippen LogP contribution >= 0.6 is 15.9 Å². The zero-order valence-corrected chi connectivity index (χ0v) is 13.2. The standard InChI is InChI=1S/C16H14BrNO3/c1-10-9-12(5-8-14(10)17)15(19)18(2)13-6-3-11(4-7-13)16(20)21/h3-9H,1-2H3,(H,20,21). The molecule has 5 heteroatoms. The summed E-state index contributed by atoms with van der Waals surface area (Å²) in [5.41, 5.74) is 2.40. The molecule has 2 aromatic rings. The molecule has 0 spiro atoms. The highest BCUT2D eigenvalue weighted by Crippen LogP contribution is 2.20. The van der Waals surface area contributed by atoms with Gasteiger partial charge in [0.1, 0.15) is 0 Å². The minimum atomic E-state index is -0.987. The Bertz CT molecular complexity index is 695. The van der Waals surface area contributed by atoms with Crippen LogP contribution in [0.1, 0.15) is 26.3 Å². The van der Waals surface area contributed by atoms with Gasteiger partial charge < -0.3 is 10.0 Å². The summed E-state index contributed by atoms with van der Waals surface area (Å²) >= 11 is 3.40. The first kappa shape index (κ1) is 15.3. The van der Waals surface area contributed by atoms with Crippen molar-refractivity contribution in [1.29, 1.82) is 0 Å². The van der Waals surface area contributed by atoms with Crippen LogP contribution in [-0.4, -0.2) is 24.0 Å². The SMILES string of the molecule is Cc1cc(C(=O)N(C)c2ccc(C(=O)O)cc2)ccc1Br. The van der Waals surface area contributed by atoms with E-state index in [0.29, 0.717) is 11.3 Å². The van der Waals surface area contributed by atoms with Crippen LogP contribution in [0.25, 0.3) is 0 Å². The molecule has 0 aliphatic carbocycles. The number of hydrogen-bond donors (Lipinski definition) is 1. The zero-order valence-electron chi connectivity index (χ0n) is 11.6. The summed E-state index contributed by atoms with van der Waals surface area (Å²) in [4.78, 5) is 24.7. The van der Waals surface area contributed by atoms with E-state index >= 15 is 0 Å². The van der Waals surface area contributed by atoms with Crippen LogP contribution in [0, 0.1) is 6.92 Å². The molecular formula is C16H14BrNO3. The molecule has 0 aliphatic heterocycles. The Kier molecular flexibility index (Phi) is 4.43. The Morgan fingerprint density at radius 1 is 1.05 bits per heavy atom. The molecule has 0 unspecified atom stereocenters. The molecule has 0 heterocycles. The van der Waals surface area contributed by atoms with Gasteiger partial charge in [-0.05, 0) is 55.0 Å². The maximum Gasteiger partial charge on any atom is 0.335 e. The smallest absolute Gasteiger partial charge is 0.335 e. The van der Waals surface area contributed by atoms with Crippen molar-refractivity contribution in [3.05, 3.63) is 63.6 Å². The van der Waals surface area contributed by atoms with Crippen LogP contribution in [0.3, 0.4) is 0 Å². The maximum absolute atomic E-state index is 12.4. The second-order valence-corrected chi connectivity index (χ2v) is 5.53. The Morgan fingerprint density at radius 2 is 1.62 bits per heavy atom. The van der Waals surface area contributed by atoms with Crippen molar-refractivity contribution in [3.8, 4) is 0 Å². The molecule has 0 fully saturated rings. The van der Waals surface area contributed by atoms with Crippen LogP contribution in [0.4, 0.5) is 5.69 Å². The van der Waals surface area contributed by atoms with Gasteiger partial charge in [0.05, 0.1) is 5.56 Å². The Labute approximate surface area is 131 Å². The summed E-state index contributed by atoms with van der Waals surface area (Å²) < 4.78 is 0.951. The molecule has 0 saturated carbocycles. The van der Waals surface area contributed by atoms with E-state index in [1.54, 1.807) is 25.2 Å². The number of carbonyl (C=O) groups excluding carboxylic acids is 1. The number of carboxylic acid groups (broad SMARTS) is 1. The lowest BCUT2D eigenvalue weighted by atomic mass is 10.1. The van der Waals surface area contributed by atoms with Crippen LogP contribution in [0.15, 0.2) is 46.9 Å². The fourth-order valence-electron chi connectivity index (χ4n) is 1.92. The number of carboxylic acids is 1. The third kappa shape index (κ3) is 3.31. The predicted molar refractivity (Wildman–Crippen MR) is 85.0 cm³/mol. The average molecular weight is 348 g/mol. The van der Waals surface area contributed by atoms with E-state index in [1.807, 2.05) is 19.1 Å². The van der Waals surface area contributed by atoms with E-state index in [2.05, 4.69) is 15.9 Å². The molecule has 108 valence electrons. The Hall–Kier alpha value is -2.14. The van der Waals surface area contributed by atoms with Gasteiger partial charge in [0.15, 0.2) is 0 Å². The zero-order chi connectivity index (χ0) is 15.6. The van der Waals surface area contributed by atoms with Gasteiger partial charge in [-0.1, -0.05) is 15.9 Å². The molecule has 1 N–H and O–H groups in total. The van der Waals surface area contributed by atoms with Crippen molar-refractivity contribution in [2.75, 3.05) is 11.9 Å². The Balaban J connectivity index is 2.25. The Morgan fingerprint density at radius 3 is 2.14 bits per heavy atom. The number of halogens is 1. The fraction of sp³-hybridized carbons (Fsp3) is 0.125.